The molecule has 8 heteroatoms. The number of rotatable bonds is 1. The molecular weight excluding hydrogens is 300 g/mol. The number of halogens is 6. The highest BCUT2D eigenvalue weighted by Crippen LogP contribution is 2.43. The van der Waals surface area contributed by atoms with Gasteiger partial charge in [0.15, 0.2) is 5.75 Å². The predicted octanol–water partition coefficient (Wildman–Crippen LogP) is 4.49. The molecular formula is C13H7F6NO. The summed E-state index contributed by atoms with van der Waals surface area (Å²) in [6.07, 6.45) is -8.97. The number of aromatic nitrogens is 1. The fraction of sp³-hybridized carbons (Fsp3) is 0.154. The number of alkyl halides is 6. The van der Waals surface area contributed by atoms with Gasteiger partial charge in [-0.1, -0.05) is 18.2 Å². The zero-order valence-corrected chi connectivity index (χ0v) is 10.1. The van der Waals surface area contributed by atoms with Gasteiger partial charge in [0.25, 0.3) is 0 Å². The quantitative estimate of drug-likeness (QED) is 0.787. The van der Waals surface area contributed by atoms with Gasteiger partial charge >= 0.3 is 12.4 Å². The highest BCUT2D eigenvalue weighted by Gasteiger charge is 2.38. The van der Waals surface area contributed by atoms with Crippen LogP contribution in [0.25, 0.3) is 11.3 Å². The van der Waals surface area contributed by atoms with E-state index >= 15 is 0 Å². The Morgan fingerprint density at radius 3 is 1.95 bits per heavy atom. The summed E-state index contributed by atoms with van der Waals surface area (Å²) in [5.41, 5.74) is -4.00. The average molecular weight is 307 g/mol. The first-order chi connectivity index (χ1) is 9.62. The van der Waals surface area contributed by atoms with Crippen molar-refractivity contribution in [1.82, 2.24) is 4.98 Å². The Kier molecular flexibility index (Phi) is 3.56. The number of aromatic hydroxyl groups is 1. The summed E-state index contributed by atoms with van der Waals surface area (Å²) in [4.78, 5) is 3.45. The molecule has 0 amide bonds. The van der Waals surface area contributed by atoms with E-state index in [0.29, 0.717) is 18.3 Å². The molecule has 112 valence electrons. The number of hydrogen-bond donors (Lipinski definition) is 1. The SMILES string of the molecule is Oc1c(C(F)(F)F)ccnc1-c1ccccc1C(F)(F)F. The molecule has 1 aromatic heterocycles. The van der Waals surface area contributed by atoms with Crippen LogP contribution in [0.1, 0.15) is 11.1 Å². The normalized spacial score (nSPS) is 12.5. The van der Waals surface area contributed by atoms with Crippen LogP contribution in [0, 0.1) is 0 Å². The second-order valence-electron chi connectivity index (χ2n) is 4.10. The van der Waals surface area contributed by atoms with Crippen LogP contribution in [0.2, 0.25) is 0 Å². The molecule has 0 spiro atoms. The van der Waals surface area contributed by atoms with Gasteiger partial charge in [-0.05, 0) is 12.1 Å². The second-order valence-corrected chi connectivity index (χ2v) is 4.10. The average Bonchev–Trinajstić information content (AvgIpc) is 2.36. The largest absolute Gasteiger partial charge is 0.505 e. The summed E-state index contributed by atoms with van der Waals surface area (Å²) in [6.45, 7) is 0. The van der Waals surface area contributed by atoms with Gasteiger partial charge in [0.2, 0.25) is 0 Å². The van der Waals surface area contributed by atoms with Crippen molar-refractivity contribution in [1.29, 1.82) is 0 Å². The lowest BCUT2D eigenvalue weighted by atomic mass is 10.0. The molecule has 2 nitrogen and oxygen atoms in total. The molecule has 1 aromatic carbocycles. The third-order valence-electron chi connectivity index (χ3n) is 2.72. The third kappa shape index (κ3) is 2.93. The summed E-state index contributed by atoms with van der Waals surface area (Å²) in [5.74, 6) is -1.33. The number of nitrogens with zero attached hydrogens (tertiary/aromatic N) is 1. The maximum Gasteiger partial charge on any atom is 0.420 e. The van der Waals surface area contributed by atoms with E-state index in [0.717, 1.165) is 12.1 Å². The molecule has 2 rings (SSSR count). The van der Waals surface area contributed by atoms with Gasteiger partial charge in [0.05, 0.1) is 5.56 Å². The van der Waals surface area contributed by atoms with Crippen LogP contribution in [0.3, 0.4) is 0 Å². The lowest BCUT2D eigenvalue weighted by molar-refractivity contribution is -0.138. The molecule has 2 aromatic rings. The van der Waals surface area contributed by atoms with Crippen molar-refractivity contribution in [3.8, 4) is 17.0 Å². The van der Waals surface area contributed by atoms with Crippen LogP contribution >= 0.6 is 0 Å². The van der Waals surface area contributed by atoms with Gasteiger partial charge < -0.3 is 5.11 Å². The third-order valence-corrected chi connectivity index (χ3v) is 2.72. The highest BCUT2D eigenvalue weighted by molar-refractivity contribution is 5.71. The topological polar surface area (TPSA) is 33.1 Å². The molecule has 0 saturated carbocycles. The van der Waals surface area contributed by atoms with Gasteiger partial charge in [-0.3, -0.25) is 4.98 Å². The zero-order chi connectivity index (χ0) is 15.8. The number of hydrogen-bond acceptors (Lipinski definition) is 2. The molecule has 0 aliphatic carbocycles. The van der Waals surface area contributed by atoms with Crippen LogP contribution in [0.15, 0.2) is 36.5 Å². The summed E-state index contributed by atoms with van der Waals surface area (Å²) < 4.78 is 76.6. The summed E-state index contributed by atoms with van der Waals surface area (Å²) in [5, 5.41) is 9.62. The van der Waals surface area contributed by atoms with E-state index in [1.165, 1.54) is 6.07 Å². The smallest absolute Gasteiger partial charge is 0.420 e. The van der Waals surface area contributed by atoms with Gasteiger partial charge in [0, 0.05) is 11.8 Å². The Morgan fingerprint density at radius 2 is 1.38 bits per heavy atom. The Labute approximate surface area is 114 Å². The van der Waals surface area contributed by atoms with Gasteiger partial charge in [-0.15, -0.1) is 0 Å². The molecule has 0 saturated heterocycles. The molecule has 0 aliphatic heterocycles. The predicted molar refractivity (Wildman–Crippen MR) is 61.3 cm³/mol. The van der Waals surface area contributed by atoms with Crippen LogP contribution < -0.4 is 0 Å². The molecule has 0 unspecified atom stereocenters. The Balaban J connectivity index is 2.70. The molecule has 0 bridgehead atoms. The zero-order valence-electron chi connectivity index (χ0n) is 10.1. The summed E-state index contributed by atoms with van der Waals surface area (Å²) in [7, 11) is 0. The van der Waals surface area contributed by atoms with Crippen LogP contribution in [0.5, 0.6) is 5.75 Å². The van der Waals surface area contributed by atoms with Crippen LogP contribution in [-0.4, -0.2) is 10.1 Å². The molecule has 0 aliphatic rings. The van der Waals surface area contributed by atoms with E-state index in [1.807, 2.05) is 0 Å². The Morgan fingerprint density at radius 1 is 0.810 bits per heavy atom. The minimum absolute atomic E-state index is 0.495. The van der Waals surface area contributed by atoms with Gasteiger partial charge in [0.1, 0.15) is 11.3 Å². The minimum Gasteiger partial charge on any atom is -0.505 e. The van der Waals surface area contributed by atoms with Crippen molar-refractivity contribution in [3.05, 3.63) is 47.7 Å². The van der Waals surface area contributed by atoms with Gasteiger partial charge in [-0.2, -0.15) is 26.3 Å². The number of benzene rings is 1. The molecule has 0 radical (unpaired) electrons. The van der Waals surface area contributed by atoms with E-state index in [4.69, 9.17) is 0 Å². The first-order valence-electron chi connectivity index (χ1n) is 5.54. The lowest BCUT2D eigenvalue weighted by Gasteiger charge is -2.15. The first kappa shape index (κ1) is 15.1. The van der Waals surface area contributed by atoms with E-state index in [2.05, 4.69) is 4.98 Å². The number of pyridine rings is 1. The maximum atomic E-state index is 12.9. The minimum atomic E-state index is -4.89. The van der Waals surface area contributed by atoms with Crippen molar-refractivity contribution >= 4 is 0 Å². The summed E-state index contributed by atoms with van der Waals surface area (Å²) in [6, 6.07) is 4.46. The molecule has 21 heavy (non-hydrogen) atoms. The molecule has 1 heterocycles. The fourth-order valence-electron chi connectivity index (χ4n) is 1.82. The van der Waals surface area contributed by atoms with E-state index < -0.39 is 40.5 Å². The maximum absolute atomic E-state index is 12.9. The molecule has 0 atom stereocenters. The summed E-state index contributed by atoms with van der Waals surface area (Å²) >= 11 is 0. The van der Waals surface area contributed by atoms with E-state index in [9.17, 15) is 31.4 Å². The van der Waals surface area contributed by atoms with Crippen molar-refractivity contribution in [2.45, 2.75) is 12.4 Å². The monoisotopic (exact) mass is 307 g/mol. The van der Waals surface area contributed by atoms with E-state index in [-0.39, 0.29) is 0 Å². The van der Waals surface area contributed by atoms with Crippen LogP contribution in [-0.2, 0) is 12.4 Å². The van der Waals surface area contributed by atoms with E-state index in [1.54, 1.807) is 0 Å². The first-order valence-corrected chi connectivity index (χ1v) is 5.54. The Hall–Kier alpha value is -2.25. The Bertz CT molecular complexity index is 662. The lowest BCUT2D eigenvalue weighted by Crippen LogP contribution is -2.09. The van der Waals surface area contributed by atoms with Crippen LogP contribution in [0.4, 0.5) is 26.3 Å². The van der Waals surface area contributed by atoms with Crippen molar-refractivity contribution in [2.24, 2.45) is 0 Å². The van der Waals surface area contributed by atoms with Crippen molar-refractivity contribution in [2.75, 3.05) is 0 Å². The van der Waals surface area contributed by atoms with Gasteiger partial charge in [-0.25, -0.2) is 0 Å². The second kappa shape index (κ2) is 4.94. The molecule has 1 N–H and O–H groups in total. The standard InChI is InChI=1S/C13H7F6NO/c14-12(15,16)8-4-2-1-3-7(8)10-11(21)9(5-6-20-10)13(17,18)19/h1-6,21H. The molecule has 0 fully saturated rings. The highest BCUT2D eigenvalue weighted by atomic mass is 19.4. The fourth-order valence-corrected chi connectivity index (χ4v) is 1.82. The van der Waals surface area contributed by atoms with Crippen molar-refractivity contribution < 1.29 is 31.4 Å². The van der Waals surface area contributed by atoms with Crippen molar-refractivity contribution in [3.63, 3.8) is 0 Å².